The van der Waals surface area contributed by atoms with Crippen LogP contribution in [0.4, 0.5) is 0 Å². The standard InChI is InChI=1S/C12H20ClN3O/c1-4-10(5-2)16(7-6-13)12(17)11-8-14-15-9(11)3/h8,10H,4-7H2,1-3H3,(H,14,15). The van der Waals surface area contributed by atoms with Crippen LogP contribution in [0.25, 0.3) is 0 Å². The van der Waals surface area contributed by atoms with E-state index in [1.54, 1.807) is 6.20 Å². The highest BCUT2D eigenvalue weighted by molar-refractivity contribution is 6.18. The van der Waals surface area contributed by atoms with Crippen molar-refractivity contribution in [1.29, 1.82) is 0 Å². The van der Waals surface area contributed by atoms with Crippen LogP contribution in [0.2, 0.25) is 0 Å². The first-order valence-corrected chi connectivity index (χ1v) is 6.56. The minimum Gasteiger partial charge on any atom is -0.334 e. The summed E-state index contributed by atoms with van der Waals surface area (Å²) < 4.78 is 0. The third kappa shape index (κ3) is 3.22. The van der Waals surface area contributed by atoms with Gasteiger partial charge >= 0.3 is 0 Å². The van der Waals surface area contributed by atoms with Gasteiger partial charge in [0.2, 0.25) is 0 Å². The van der Waals surface area contributed by atoms with E-state index in [-0.39, 0.29) is 11.9 Å². The van der Waals surface area contributed by atoms with E-state index in [9.17, 15) is 4.79 Å². The van der Waals surface area contributed by atoms with Crippen LogP contribution in [0.15, 0.2) is 6.20 Å². The lowest BCUT2D eigenvalue weighted by atomic mass is 10.1. The Morgan fingerprint density at radius 3 is 2.59 bits per heavy atom. The summed E-state index contributed by atoms with van der Waals surface area (Å²) in [5.41, 5.74) is 1.45. The molecule has 4 nitrogen and oxygen atoms in total. The number of aromatic amines is 1. The molecule has 96 valence electrons. The molecule has 17 heavy (non-hydrogen) atoms. The van der Waals surface area contributed by atoms with Gasteiger partial charge in [-0.3, -0.25) is 9.89 Å². The average molecular weight is 258 g/mol. The number of H-pyrrole nitrogens is 1. The minimum atomic E-state index is 0.0191. The van der Waals surface area contributed by atoms with Crippen LogP contribution in [-0.2, 0) is 0 Å². The van der Waals surface area contributed by atoms with E-state index in [1.165, 1.54) is 0 Å². The Balaban J connectivity index is 2.91. The molecule has 0 aliphatic carbocycles. The summed E-state index contributed by atoms with van der Waals surface area (Å²) in [5, 5.41) is 6.68. The van der Waals surface area contributed by atoms with Crippen molar-refractivity contribution >= 4 is 17.5 Å². The normalized spacial score (nSPS) is 10.9. The molecule has 1 N–H and O–H groups in total. The lowest BCUT2D eigenvalue weighted by Crippen LogP contribution is -2.41. The van der Waals surface area contributed by atoms with E-state index in [2.05, 4.69) is 24.0 Å². The molecule has 0 saturated carbocycles. The molecule has 0 unspecified atom stereocenters. The third-order valence-corrected chi connectivity index (χ3v) is 3.20. The molecular weight excluding hydrogens is 238 g/mol. The number of rotatable bonds is 6. The number of carbonyl (C=O) groups excluding carboxylic acids is 1. The van der Waals surface area contributed by atoms with Gasteiger partial charge in [-0.05, 0) is 19.8 Å². The fourth-order valence-electron chi connectivity index (χ4n) is 1.99. The van der Waals surface area contributed by atoms with Gasteiger partial charge in [-0.2, -0.15) is 5.10 Å². The molecule has 0 bridgehead atoms. The molecule has 0 fully saturated rings. The van der Waals surface area contributed by atoms with Gasteiger partial charge in [-0.1, -0.05) is 13.8 Å². The van der Waals surface area contributed by atoms with Crippen molar-refractivity contribution in [1.82, 2.24) is 15.1 Å². The SMILES string of the molecule is CCC(CC)N(CCCl)C(=O)c1cn[nH]c1C. The van der Waals surface area contributed by atoms with Crippen molar-refractivity contribution in [2.45, 2.75) is 39.7 Å². The fraction of sp³-hybridized carbons (Fsp3) is 0.667. The maximum atomic E-state index is 12.4. The van der Waals surface area contributed by atoms with Gasteiger partial charge < -0.3 is 4.90 Å². The highest BCUT2D eigenvalue weighted by Crippen LogP contribution is 2.15. The summed E-state index contributed by atoms with van der Waals surface area (Å²) in [4.78, 5) is 14.2. The highest BCUT2D eigenvalue weighted by atomic mass is 35.5. The topological polar surface area (TPSA) is 49.0 Å². The molecule has 5 heteroatoms. The maximum Gasteiger partial charge on any atom is 0.257 e. The number of alkyl halides is 1. The molecule has 1 aromatic rings. The fourth-order valence-corrected chi connectivity index (χ4v) is 2.17. The quantitative estimate of drug-likeness (QED) is 0.797. The molecule has 0 radical (unpaired) electrons. The van der Waals surface area contributed by atoms with Gasteiger partial charge in [0.1, 0.15) is 0 Å². The first-order chi connectivity index (χ1) is 8.15. The second-order valence-corrected chi connectivity index (χ2v) is 4.44. The first-order valence-electron chi connectivity index (χ1n) is 6.02. The largest absolute Gasteiger partial charge is 0.334 e. The van der Waals surface area contributed by atoms with Crippen LogP contribution in [-0.4, -0.2) is 39.5 Å². The predicted octanol–water partition coefficient (Wildman–Crippen LogP) is 2.59. The molecular formula is C12H20ClN3O. The van der Waals surface area contributed by atoms with Crippen molar-refractivity contribution in [3.05, 3.63) is 17.5 Å². The van der Waals surface area contributed by atoms with E-state index in [1.807, 2.05) is 11.8 Å². The van der Waals surface area contributed by atoms with Crippen LogP contribution >= 0.6 is 11.6 Å². The Morgan fingerprint density at radius 1 is 1.53 bits per heavy atom. The van der Waals surface area contributed by atoms with E-state index in [4.69, 9.17) is 11.6 Å². The van der Waals surface area contributed by atoms with Gasteiger partial charge in [0.15, 0.2) is 0 Å². The van der Waals surface area contributed by atoms with Crippen LogP contribution in [0.5, 0.6) is 0 Å². The van der Waals surface area contributed by atoms with E-state index >= 15 is 0 Å². The number of amides is 1. The average Bonchev–Trinajstić information content (AvgIpc) is 2.75. The van der Waals surface area contributed by atoms with Gasteiger partial charge in [-0.15, -0.1) is 11.6 Å². The van der Waals surface area contributed by atoms with Crippen molar-refractivity contribution in [3.63, 3.8) is 0 Å². The van der Waals surface area contributed by atoms with Gasteiger partial charge in [0.05, 0.1) is 11.8 Å². The van der Waals surface area contributed by atoms with Crippen LogP contribution in [0.3, 0.4) is 0 Å². The van der Waals surface area contributed by atoms with Crippen molar-refractivity contribution in [3.8, 4) is 0 Å². The molecule has 1 rings (SSSR count). The number of nitrogens with zero attached hydrogens (tertiary/aromatic N) is 2. The lowest BCUT2D eigenvalue weighted by molar-refractivity contribution is 0.0681. The number of aromatic nitrogens is 2. The summed E-state index contributed by atoms with van der Waals surface area (Å²) in [6.07, 6.45) is 3.47. The second kappa shape index (κ2) is 6.64. The molecule has 0 spiro atoms. The van der Waals surface area contributed by atoms with Crippen molar-refractivity contribution in [2.24, 2.45) is 0 Å². The molecule has 0 aliphatic heterocycles. The van der Waals surface area contributed by atoms with Crippen molar-refractivity contribution < 1.29 is 4.79 Å². The Morgan fingerprint density at radius 2 is 2.18 bits per heavy atom. The number of hydrogen-bond donors (Lipinski definition) is 1. The van der Waals surface area contributed by atoms with Crippen LogP contribution < -0.4 is 0 Å². The monoisotopic (exact) mass is 257 g/mol. The summed E-state index contributed by atoms with van der Waals surface area (Å²) in [6, 6.07) is 0.246. The van der Waals surface area contributed by atoms with Crippen LogP contribution in [0, 0.1) is 6.92 Å². The molecule has 1 aromatic heterocycles. The number of aryl methyl sites for hydroxylation is 1. The summed E-state index contributed by atoms with van der Waals surface area (Å²) in [6.45, 7) is 6.61. The Hall–Kier alpha value is -1.03. The predicted molar refractivity (Wildman–Crippen MR) is 69.5 cm³/mol. The molecule has 0 aromatic carbocycles. The van der Waals surface area contributed by atoms with Gasteiger partial charge in [-0.25, -0.2) is 0 Å². The zero-order valence-corrected chi connectivity index (χ0v) is 11.4. The van der Waals surface area contributed by atoms with Crippen LogP contribution in [0.1, 0.15) is 42.7 Å². The molecule has 1 heterocycles. The number of halogens is 1. The third-order valence-electron chi connectivity index (χ3n) is 3.03. The summed E-state index contributed by atoms with van der Waals surface area (Å²) in [5.74, 6) is 0.477. The Kier molecular flexibility index (Phi) is 5.48. The van der Waals surface area contributed by atoms with E-state index in [0.717, 1.165) is 18.5 Å². The molecule has 1 amide bonds. The number of hydrogen-bond acceptors (Lipinski definition) is 2. The van der Waals surface area contributed by atoms with Gasteiger partial charge in [0.25, 0.3) is 5.91 Å². The van der Waals surface area contributed by atoms with E-state index in [0.29, 0.717) is 18.0 Å². The maximum absolute atomic E-state index is 12.4. The lowest BCUT2D eigenvalue weighted by Gasteiger charge is -2.29. The Labute approximate surface area is 107 Å². The van der Waals surface area contributed by atoms with Crippen molar-refractivity contribution in [2.75, 3.05) is 12.4 Å². The highest BCUT2D eigenvalue weighted by Gasteiger charge is 2.23. The minimum absolute atomic E-state index is 0.0191. The van der Waals surface area contributed by atoms with Gasteiger partial charge in [0, 0.05) is 24.2 Å². The molecule has 0 saturated heterocycles. The number of nitrogens with one attached hydrogen (secondary N) is 1. The zero-order valence-electron chi connectivity index (χ0n) is 10.7. The molecule has 0 aliphatic rings. The van der Waals surface area contributed by atoms with E-state index < -0.39 is 0 Å². The Bertz CT molecular complexity index is 360. The summed E-state index contributed by atoms with van der Waals surface area (Å²) >= 11 is 5.78. The smallest absolute Gasteiger partial charge is 0.257 e. The summed E-state index contributed by atoms with van der Waals surface area (Å²) in [7, 11) is 0. The number of carbonyl (C=O) groups is 1. The second-order valence-electron chi connectivity index (χ2n) is 4.07. The molecule has 0 atom stereocenters. The first kappa shape index (κ1) is 14.0. The zero-order chi connectivity index (χ0) is 12.8.